The quantitative estimate of drug-likeness (QED) is 0.738. The maximum Gasteiger partial charge on any atom is 0.141 e. The second-order valence-electron chi connectivity index (χ2n) is 5.78. The van der Waals surface area contributed by atoms with E-state index in [0.717, 1.165) is 41.7 Å². The summed E-state index contributed by atoms with van der Waals surface area (Å²) in [5.74, 6) is 1.08. The van der Waals surface area contributed by atoms with E-state index in [-0.39, 0.29) is 0 Å². The van der Waals surface area contributed by atoms with E-state index in [1.54, 1.807) is 0 Å². The van der Waals surface area contributed by atoms with Crippen LogP contribution in [0.25, 0.3) is 22.4 Å². The van der Waals surface area contributed by atoms with Gasteiger partial charge in [-0.3, -0.25) is 0 Å². The van der Waals surface area contributed by atoms with Crippen molar-refractivity contribution in [2.24, 2.45) is 0 Å². The van der Waals surface area contributed by atoms with Gasteiger partial charge in [0.25, 0.3) is 0 Å². The van der Waals surface area contributed by atoms with Crippen LogP contribution in [0.3, 0.4) is 0 Å². The van der Waals surface area contributed by atoms with Crippen molar-refractivity contribution < 1.29 is 0 Å². The normalized spacial score (nSPS) is 16.2. The molecule has 0 amide bonds. The van der Waals surface area contributed by atoms with Gasteiger partial charge < -0.3 is 9.88 Å². The van der Waals surface area contributed by atoms with Crippen LogP contribution in [-0.4, -0.2) is 22.6 Å². The highest BCUT2D eigenvalue weighted by molar-refractivity contribution is 9.10. The Morgan fingerprint density at radius 1 is 1.00 bits per heavy atom. The number of nitrogens with one attached hydrogen (secondary N) is 1. The van der Waals surface area contributed by atoms with Crippen molar-refractivity contribution in [3.8, 4) is 11.4 Å². The van der Waals surface area contributed by atoms with E-state index in [1.165, 1.54) is 11.1 Å². The molecule has 1 aliphatic heterocycles. The van der Waals surface area contributed by atoms with Gasteiger partial charge in [-0.15, -0.1) is 0 Å². The monoisotopic (exact) mass is 355 g/mol. The fourth-order valence-corrected chi connectivity index (χ4v) is 3.55. The first kappa shape index (κ1) is 14.0. The Bertz CT molecular complexity index is 786. The van der Waals surface area contributed by atoms with Crippen LogP contribution in [0.2, 0.25) is 0 Å². The van der Waals surface area contributed by atoms with E-state index in [2.05, 4.69) is 74.3 Å². The SMILES string of the molecule is Brc1ccc(-c2nc3ccccc3n2C2CCNCC2)cc1. The molecule has 22 heavy (non-hydrogen) atoms. The Morgan fingerprint density at radius 2 is 1.73 bits per heavy atom. The topological polar surface area (TPSA) is 29.9 Å². The standard InChI is InChI=1S/C18H18BrN3/c19-14-7-5-13(6-8-14)18-21-16-3-1-2-4-17(16)22(18)15-9-11-20-12-10-15/h1-8,15,20H,9-12H2. The molecular weight excluding hydrogens is 338 g/mol. The van der Waals surface area contributed by atoms with Crippen LogP contribution in [0.15, 0.2) is 53.0 Å². The van der Waals surface area contributed by atoms with E-state index in [1.807, 2.05) is 0 Å². The summed E-state index contributed by atoms with van der Waals surface area (Å²) in [6, 6.07) is 17.4. The number of para-hydroxylation sites is 2. The molecule has 4 rings (SSSR count). The zero-order chi connectivity index (χ0) is 14.9. The number of benzene rings is 2. The third-order valence-corrected chi connectivity index (χ3v) is 4.90. The van der Waals surface area contributed by atoms with Gasteiger partial charge in [0.05, 0.1) is 11.0 Å². The zero-order valence-corrected chi connectivity index (χ0v) is 13.9. The number of rotatable bonds is 2. The van der Waals surface area contributed by atoms with Crippen LogP contribution in [0, 0.1) is 0 Å². The van der Waals surface area contributed by atoms with Crippen molar-refractivity contribution in [2.45, 2.75) is 18.9 Å². The van der Waals surface area contributed by atoms with Gasteiger partial charge in [-0.25, -0.2) is 4.98 Å². The van der Waals surface area contributed by atoms with Crippen LogP contribution in [0.5, 0.6) is 0 Å². The fraction of sp³-hybridized carbons (Fsp3) is 0.278. The molecular formula is C18H18BrN3. The molecule has 0 saturated carbocycles. The van der Waals surface area contributed by atoms with Gasteiger partial charge >= 0.3 is 0 Å². The predicted molar refractivity (Wildman–Crippen MR) is 94.0 cm³/mol. The largest absolute Gasteiger partial charge is 0.321 e. The van der Waals surface area contributed by atoms with Crippen molar-refractivity contribution in [1.29, 1.82) is 0 Å². The summed E-state index contributed by atoms with van der Waals surface area (Å²) in [6.07, 6.45) is 2.31. The molecule has 1 fully saturated rings. The number of hydrogen-bond acceptors (Lipinski definition) is 2. The number of halogens is 1. The third-order valence-electron chi connectivity index (χ3n) is 4.37. The highest BCUT2D eigenvalue weighted by Gasteiger charge is 2.21. The average Bonchev–Trinajstić information content (AvgIpc) is 2.96. The lowest BCUT2D eigenvalue weighted by atomic mass is 10.1. The van der Waals surface area contributed by atoms with Gasteiger partial charge in [-0.1, -0.05) is 40.2 Å². The number of fused-ring (bicyclic) bond motifs is 1. The molecule has 3 nitrogen and oxygen atoms in total. The summed E-state index contributed by atoms with van der Waals surface area (Å²) in [4.78, 5) is 4.92. The average molecular weight is 356 g/mol. The molecule has 2 heterocycles. The maximum absolute atomic E-state index is 4.92. The molecule has 2 aromatic carbocycles. The highest BCUT2D eigenvalue weighted by Crippen LogP contribution is 2.32. The van der Waals surface area contributed by atoms with Gasteiger partial charge in [-0.2, -0.15) is 0 Å². The Balaban J connectivity index is 1.90. The molecule has 0 spiro atoms. The Labute approximate surface area is 138 Å². The van der Waals surface area contributed by atoms with Crippen molar-refractivity contribution >= 4 is 27.0 Å². The highest BCUT2D eigenvalue weighted by atomic mass is 79.9. The molecule has 0 atom stereocenters. The summed E-state index contributed by atoms with van der Waals surface area (Å²) in [7, 11) is 0. The van der Waals surface area contributed by atoms with Crippen LogP contribution >= 0.6 is 15.9 Å². The number of hydrogen-bond donors (Lipinski definition) is 1. The summed E-state index contributed by atoms with van der Waals surface area (Å²) < 4.78 is 3.54. The lowest BCUT2D eigenvalue weighted by Crippen LogP contribution is -2.29. The molecule has 3 aromatic rings. The Morgan fingerprint density at radius 3 is 2.50 bits per heavy atom. The van der Waals surface area contributed by atoms with E-state index < -0.39 is 0 Å². The predicted octanol–water partition coefficient (Wildman–Crippen LogP) is 4.39. The van der Waals surface area contributed by atoms with Gasteiger partial charge in [0, 0.05) is 16.1 Å². The van der Waals surface area contributed by atoms with E-state index >= 15 is 0 Å². The molecule has 1 saturated heterocycles. The number of nitrogens with zero attached hydrogens (tertiary/aromatic N) is 2. The minimum atomic E-state index is 0.521. The van der Waals surface area contributed by atoms with Crippen molar-refractivity contribution in [1.82, 2.24) is 14.9 Å². The van der Waals surface area contributed by atoms with Gasteiger partial charge in [0.2, 0.25) is 0 Å². The molecule has 4 heteroatoms. The van der Waals surface area contributed by atoms with Crippen LogP contribution in [-0.2, 0) is 0 Å². The molecule has 0 aliphatic carbocycles. The van der Waals surface area contributed by atoms with Crippen molar-refractivity contribution in [3.05, 3.63) is 53.0 Å². The molecule has 1 aliphatic rings. The number of imidazole rings is 1. The summed E-state index contributed by atoms with van der Waals surface area (Å²) >= 11 is 3.51. The number of aromatic nitrogens is 2. The smallest absolute Gasteiger partial charge is 0.141 e. The molecule has 0 unspecified atom stereocenters. The molecule has 1 N–H and O–H groups in total. The van der Waals surface area contributed by atoms with E-state index in [9.17, 15) is 0 Å². The zero-order valence-electron chi connectivity index (χ0n) is 12.3. The van der Waals surface area contributed by atoms with Crippen molar-refractivity contribution in [2.75, 3.05) is 13.1 Å². The lowest BCUT2D eigenvalue weighted by molar-refractivity contribution is 0.377. The fourth-order valence-electron chi connectivity index (χ4n) is 3.28. The minimum absolute atomic E-state index is 0.521. The lowest BCUT2D eigenvalue weighted by Gasteiger charge is -2.26. The summed E-state index contributed by atoms with van der Waals surface area (Å²) in [6.45, 7) is 2.16. The summed E-state index contributed by atoms with van der Waals surface area (Å²) in [5, 5.41) is 3.45. The Kier molecular flexibility index (Phi) is 3.72. The van der Waals surface area contributed by atoms with Crippen LogP contribution < -0.4 is 5.32 Å². The second-order valence-corrected chi connectivity index (χ2v) is 6.70. The minimum Gasteiger partial charge on any atom is -0.321 e. The van der Waals surface area contributed by atoms with Gasteiger partial charge in [0.15, 0.2) is 0 Å². The first-order chi connectivity index (χ1) is 10.8. The molecule has 0 radical (unpaired) electrons. The first-order valence-corrected chi connectivity index (χ1v) is 8.56. The van der Waals surface area contributed by atoms with E-state index in [0.29, 0.717) is 6.04 Å². The molecule has 0 bridgehead atoms. The Hall–Kier alpha value is -1.65. The van der Waals surface area contributed by atoms with Crippen LogP contribution in [0.1, 0.15) is 18.9 Å². The number of piperidine rings is 1. The van der Waals surface area contributed by atoms with Crippen molar-refractivity contribution in [3.63, 3.8) is 0 Å². The summed E-state index contributed by atoms with van der Waals surface area (Å²) in [5.41, 5.74) is 3.50. The van der Waals surface area contributed by atoms with Crippen LogP contribution in [0.4, 0.5) is 0 Å². The van der Waals surface area contributed by atoms with Gasteiger partial charge in [-0.05, 0) is 50.2 Å². The first-order valence-electron chi connectivity index (χ1n) is 7.76. The van der Waals surface area contributed by atoms with E-state index in [4.69, 9.17) is 4.98 Å². The molecule has 1 aromatic heterocycles. The third kappa shape index (κ3) is 2.46. The maximum atomic E-state index is 4.92. The molecule has 112 valence electrons. The second kappa shape index (κ2) is 5.86. The van der Waals surface area contributed by atoms with Gasteiger partial charge in [0.1, 0.15) is 5.82 Å².